The first kappa shape index (κ1) is 20.5. The molecule has 0 spiro atoms. The number of nitrogens with zero attached hydrogens (tertiary/aromatic N) is 4. The minimum Gasteiger partial charge on any atom is -0.459 e. The second kappa shape index (κ2) is 9.22. The van der Waals surface area contributed by atoms with Crippen molar-refractivity contribution in [1.29, 1.82) is 0 Å². The van der Waals surface area contributed by atoms with Crippen LogP contribution in [0.2, 0.25) is 0 Å². The number of thiazole rings is 1. The molecular weight excluding hydrogens is 461 g/mol. The molecular formula is C18H24IN5OS. The molecule has 140 valence electrons. The van der Waals surface area contributed by atoms with Gasteiger partial charge >= 0.3 is 0 Å². The lowest BCUT2D eigenvalue weighted by Crippen LogP contribution is -2.38. The van der Waals surface area contributed by atoms with Gasteiger partial charge in [0.15, 0.2) is 11.1 Å². The van der Waals surface area contributed by atoms with Crippen LogP contribution in [-0.2, 0) is 13.1 Å². The molecule has 0 unspecified atom stereocenters. The average molecular weight is 485 g/mol. The molecule has 1 aromatic carbocycles. The van der Waals surface area contributed by atoms with E-state index in [1.807, 2.05) is 49.1 Å². The largest absolute Gasteiger partial charge is 0.459 e. The van der Waals surface area contributed by atoms with Crippen molar-refractivity contribution in [3.8, 4) is 0 Å². The molecule has 3 aromatic rings. The van der Waals surface area contributed by atoms with Crippen LogP contribution in [0.3, 0.4) is 0 Å². The van der Waals surface area contributed by atoms with E-state index in [4.69, 9.17) is 4.42 Å². The monoisotopic (exact) mass is 485 g/mol. The van der Waals surface area contributed by atoms with Crippen LogP contribution in [0.25, 0.3) is 11.0 Å². The quantitative estimate of drug-likeness (QED) is 0.339. The molecule has 26 heavy (non-hydrogen) atoms. The zero-order valence-corrected chi connectivity index (χ0v) is 18.5. The summed E-state index contributed by atoms with van der Waals surface area (Å²) in [4.78, 5) is 13.0. The number of rotatable bonds is 5. The fraction of sp³-hybridized carbons (Fsp3) is 0.333. The number of guanidine groups is 1. The van der Waals surface area contributed by atoms with E-state index in [-0.39, 0.29) is 24.0 Å². The van der Waals surface area contributed by atoms with Crippen molar-refractivity contribution in [1.82, 2.24) is 15.2 Å². The van der Waals surface area contributed by atoms with E-state index in [1.165, 1.54) is 0 Å². The number of halogens is 1. The third-order valence-corrected chi connectivity index (χ3v) is 4.85. The number of nitrogens with one attached hydrogen (secondary N) is 1. The fourth-order valence-electron chi connectivity index (χ4n) is 2.56. The number of anilines is 1. The Hall–Kier alpha value is -1.81. The van der Waals surface area contributed by atoms with Crippen LogP contribution in [0, 0.1) is 0 Å². The summed E-state index contributed by atoms with van der Waals surface area (Å²) in [6.07, 6.45) is 0. The Labute approximate surface area is 174 Å². The van der Waals surface area contributed by atoms with Gasteiger partial charge in [0.25, 0.3) is 0 Å². The average Bonchev–Trinajstić information content (AvgIpc) is 3.21. The number of fused-ring (bicyclic) bond motifs is 1. The van der Waals surface area contributed by atoms with Gasteiger partial charge in [0.05, 0.1) is 18.8 Å². The number of aliphatic imine (C=N–C) groups is 1. The van der Waals surface area contributed by atoms with Crippen LogP contribution in [-0.4, -0.2) is 44.0 Å². The first-order valence-electron chi connectivity index (χ1n) is 8.08. The summed E-state index contributed by atoms with van der Waals surface area (Å²) in [5.41, 5.74) is 1.92. The van der Waals surface area contributed by atoms with Gasteiger partial charge in [-0.2, -0.15) is 0 Å². The van der Waals surface area contributed by atoms with Gasteiger partial charge < -0.3 is 19.5 Å². The molecule has 0 aliphatic rings. The van der Waals surface area contributed by atoms with Gasteiger partial charge in [0, 0.05) is 39.0 Å². The molecule has 0 aliphatic heterocycles. The Balaban J connectivity index is 0.00000243. The van der Waals surface area contributed by atoms with E-state index in [0.717, 1.165) is 33.5 Å². The van der Waals surface area contributed by atoms with Gasteiger partial charge in [0.1, 0.15) is 11.3 Å². The molecule has 0 radical (unpaired) electrons. The number of para-hydroxylation sites is 1. The molecule has 8 heteroatoms. The molecule has 3 rings (SSSR count). The van der Waals surface area contributed by atoms with E-state index < -0.39 is 0 Å². The standard InChI is InChI=1S/C18H23N5OS.HI/c1-19-17(20-10-14-12-25-18(21-14)22(2)3)23(4)11-15-9-13-7-5-6-8-16(13)24-15;/h5-9,12H,10-11H2,1-4H3,(H,19,20);1H. The maximum atomic E-state index is 5.89. The predicted molar refractivity (Wildman–Crippen MR) is 120 cm³/mol. The number of benzene rings is 1. The van der Waals surface area contributed by atoms with Crippen molar-refractivity contribution in [3.05, 3.63) is 47.2 Å². The molecule has 6 nitrogen and oxygen atoms in total. The normalized spacial score (nSPS) is 11.3. The van der Waals surface area contributed by atoms with Crippen LogP contribution in [0.5, 0.6) is 0 Å². The Morgan fingerprint density at radius 2 is 2.04 bits per heavy atom. The molecule has 2 aromatic heterocycles. The second-order valence-electron chi connectivity index (χ2n) is 6.02. The summed E-state index contributed by atoms with van der Waals surface area (Å²) in [7, 11) is 7.77. The third-order valence-electron chi connectivity index (χ3n) is 3.79. The van der Waals surface area contributed by atoms with Crippen molar-refractivity contribution in [3.63, 3.8) is 0 Å². The number of furan rings is 1. The topological polar surface area (TPSA) is 56.9 Å². The molecule has 0 saturated carbocycles. The lowest BCUT2D eigenvalue weighted by Gasteiger charge is -2.20. The highest BCUT2D eigenvalue weighted by Crippen LogP contribution is 2.20. The van der Waals surface area contributed by atoms with Crippen molar-refractivity contribution < 1.29 is 4.42 Å². The molecule has 1 N–H and O–H groups in total. The van der Waals surface area contributed by atoms with Gasteiger partial charge in [-0.05, 0) is 12.1 Å². The molecule has 0 saturated heterocycles. The summed E-state index contributed by atoms with van der Waals surface area (Å²) in [5.74, 6) is 1.72. The Morgan fingerprint density at radius 1 is 1.27 bits per heavy atom. The number of hydrogen-bond donors (Lipinski definition) is 1. The predicted octanol–water partition coefficient (Wildman–Crippen LogP) is 3.78. The Bertz CT molecular complexity index is 840. The minimum atomic E-state index is 0. The molecule has 0 bridgehead atoms. The zero-order valence-electron chi connectivity index (χ0n) is 15.4. The van der Waals surface area contributed by atoms with Crippen LogP contribution in [0.4, 0.5) is 5.13 Å². The number of aromatic nitrogens is 1. The van der Waals surface area contributed by atoms with Gasteiger partial charge in [-0.1, -0.05) is 18.2 Å². The molecule has 0 atom stereocenters. The molecule has 0 fully saturated rings. The van der Waals surface area contributed by atoms with Crippen LogP contribution >= 0.6 is 35.3 Å². The summed E-state index contributed by atoms with van der Waals surface area (Å²) in [5, 5.41) is 7.54. The smallest absolute Gasteiger partial charge is 0.194 e. The summed E-state index contributed by atoms with van der Waals surface area (Å²) < 4.78 is 5.89. The fourth-order valence-corrected chi connectivity index (χ4v) is 3.32. The van der Waals surface area contributed by atoms with Crippen LogP contribution in [0.1, 0.15) is 11.5 Å². The van der Waals surface area contributed by atoms with Crippen molar-refractivity contribution in [2.45, 2.75) is 13.1 Å². The van der Waals surface area contributed by atoms with Crippen LogP contribution < -0.4 is 10.2 Å². The van der Waals surface area contributed by atoms with Gasteiger partial charge in [0.2, 0.25) is 0 Å². The summed E-state index contributed by atoms with van der Waals surface area (Å²) in [6, 6.07) is 10.1. The zero-order chi connectivity index (χ0) is 17.8. The highest BCUT2D eigenvalue weighted by Gasteiger charge is 2.11. The SMILES string of the molecule is CN=C(NCc1csc(N(C)C)n1)N(C)Cc1cc2ccccc2o1.I. The van der Waals surface area contributed by atoms with Gasteiger partial charge in [-0.25, -0.2) is 4.98 Å². The highest BCUT2D eigenvalue weighted by atomic mass is 127. The Morgan fingerprint density at radius 3 is 2.69 bits per heavy atom. The van der Waals surface area contributed by atoms with E-state index in [9.17, 15) is 0 Å². The van der Waals surface area contributed by atoms with E-state index in [1.54, 1.807) is 18.4 Å². The Kier molecular flexibility index (Phi) is 7.27. The van der Waals surface area contributed by atoms with Crippen molar-refractivity contribution in [2.75, 3.05) is 33.1 Å². The van der Waals surface area contributed by atoms with E-state index >= 15 is 0 Å². The van der Waals surface area contributed by atoms with E-state index in [0.29, 0.717) is 13.1 Å². The first-order chi connectivity index (χ1) is 12.1. The maximum absolute atomic E-state index is 5.89. The number of hydrogen-bond acceptors (Lipinski definition) is 5. The third kappa shape index (κ3) is 4.88. The molecule has 0 amide bonds. The van der Waals surface area contributed by atoms with Crippen LogP contribution in [0.15, 0.2) is 45.1 Å². The van der Waals surface area contributed by atoms with Gasteiger partial charge in [-0.3, -0.25) is 4.99 Å². The summed E-state index contributed by atoms with van der Waals surface area (Å²) in [6.45, 7) is 1.29. The van der Waals surface area contributed by atoms with Gasteiger partial charge in [-0.15, -0.1) is 35.3 Å². The van der Waals surface area contributed by atoms with Crippen molar-refractivity contribution in [2.24, 2.45) is 4.99 Å². The van der Waals surface area contributed by atoms with E-state index in [2.05, 4.69) is 32.8 Å². The highest BCUT2D eigenvalue weighted by molar-refractivity contribution is 14.0. The molecule has 2 heterocycles. The maximum Gasteiger partial charge on any atom is 0.194 e. The first-order valence-corrected chi connectivity index (χ1v) is 8.95. The lowest BCUT2D eigenvalue weighted by molar-refractivity contribution is 0.412. The minimum absolute atomic E-state index is 0. The lowest BCUT2D eigenvalue weighted by atomic mass is 10.2. The molecule has 0 aliphatic carbocycles. The second-order valence-corrected chi connectivity index (χ2v) is 6.86. The summed E-state index contributed by atoms with van der Waals surface area (Å²) >= 11 is 1.64. The van der Waals surface area contributed by atoms with Crippen molar-refractivity contribution >= 4 is 57.4 Å².